The Kier molecular flexibility index (Phi) is 2.47. The first-order chi connectivity index (χ1) is 7.00. The monoisotopic (exact) mass is 266 g/mol. The Morgan fingerprint density at radius 3 is 2.60 bits per heavy atom. The van der Waals surface area contributed by atoms with Crippen molar-refractivity contribution >= 4 is 32.7 Å². The van der Waals surface area contributed by atoms with Crippen molar-refractivity contribution in [2.75, 3.05) is 19.0 Å². The zero-order chi connectivity index (χ0) is 11.2. The van der Waals surface area contributed by atoms with Crippen LogP contribution in [0.1, 0.15) is 11.4 Å². The van der Waals surface area contributed by atoms with Gasteiger partial charge in [0.05, 0.1) is 0 Å². The molecule has 0 spiro atoms. The van der Waals surface area contributed by atoms with Gasteiger partial charge in [-0.2, -0.15) is 0 Å². The van der Waals surface area contributed by atoms with E-state index in [1.54, 1.807) is 16.9 Å². The number of aromatic nitrogens is 3. The fourth-order valence-electron chi connectivity index (χ4n) is 1.56. The third-order valence-electron chi connectivity index (χ3n) is 2.38. The van der Waals surface area contributed by atoms with E-state index in [4.69, 9.17) is 0 Å². The van der Waals surface area contributed by atoms with Crippen LogP contribution in [0, 0.1) is 13.8 Å². The SMILES string of the molecule is Cc1cc(N(C)C)n2nc(C)c([AsH2])c2n1. The van der Waals surface area contributed by atoms with Gasteiger partial charge in [-0.05, 0) is 0 Å². The van der Waals surface area contributed by atoms with Crippen molar-refractivity contribution in [3.8, 4) is 0 Å². The number of hydrogen-bond donors (Lipinski definition) is 0. The molecule has 0 saturated carbocycles. The molecule has 0 bridgehead atoms. The number of aryl methyl sites for hydroxylation is 2. The van der Waals surface area contributed by atoms with Gasteiger partial charge in [0.25, 0.3) is 0 Å². The second kappa shape index (κ2) is 3.53. The van der Waals surface area contributed by atoms with E-state index in [2.05, 4.69) is 15.0 Å². The molecule has 0 aromatic carbocycles. The van der Waals surface area contributed by atoms with E-state index in [1.807, 2.05) is 38.5 Å². The summed E-state index contributed by atoms with van der Waals surface area (Å²) in [5.74, 6) is 1.07. The van der Waals surface area contributed by atoms with E-state index < -0.39 is 0 Å². The van der Waals surface area contributed by atoms with Gasteiger partial charge in [-0.3, -0.25) is 0 Å². The molecule has 0 radical (unpaired) electrons. The van der Waals surface area contributed by atoms with Crippen LogP contribution < -0.4 is 9.25 Å². The second-order valence-corrected chi connectivity index (χ2v) is 5.10. The van der Waals surface area contributed by atoms with E-state index >= 15 is 0 Å². The molecule has 0 aliphatic carbocycles. The van der Waals surface area contributed by atoms with Crippen LogP contribution in [0.15, 0.2) is 6.07 Å². The molecule has 0 aliphatic heterocycles. The van der Waals surface area contributed by atoms with Gasteiger partial charge in [-0.1, -0.05) is 0 Å². The Hall–Kier alpha value is -1.02. The molecule has 0 N–H and O–H groups in total. The molecule has 4 nitrogen and oxygen atoms in total. The molecule has 2 aromatic heterocycles. The standard InChI is InChI=1S/C10H15AsN4/c1-6-5-8(14(3)4)15-10(12-6)9(11)7(2)13-15/h5H,11H2,1-4H3. The van der Waals surface area contributed by atoms with Crippen LogP contribution in [0.2, 0.25) is 0 Å². The Labute approximate surface area is 97.8 Å². The first-order valence-electron chi connectivity index (χ1n) is 4.80. The molecule has 1 unspecified atom stereocenters. The summed E-state index contributed by atoms with van der Waals surface area (Å²) in [7, 11) is 4.04. The molecule has 15 heavy (non-hydrogen) atoms. The minimum atomic E-state index is 0.983. The molecule has 2 heterocycles. The summed E-state index contributed by atoms with van der Waals surface area (Å²) in [5.41, 5.74) is 3.08. The Morgan fingerprint density at radius 2 is 2.00 bits per heavy atom. The molecule has 0 saturated heterocycles. The Balaban J connectivity index is 2.86. The molecular formula is C10H15AsN4. The van der Waals surface area contributed by atoms with Gasteiger partial charge in [0.15, 0.2) is 0 Å². The van der Waals surface area contributed by atoms with Crippen LogP contribution in [0.4, 0.5) is 5.82 Å². The van der Waals surface area contributed by atoms with E-state index in [1.165, 1.54) is 4.35 Å². The normalized spacial score (nSPS) is 11.0. The second-order valence-electron chi connectivity index (χ2n) is 3.88. The van der Waals surface area contributed by atoms with Crippen LogP contribution in [-0.2, 0) is 0 Å². The van der Waals surface area contributed by atoms with Crippen molar-refractivity contribution in [3.63, 3.8) is 0 Å². The topological polar surface area (TPSA) is 33.4 Å². The Bertz CT molecular complexity index is 516. The average molecular weight is 266 g/mol. The summed E-state index contributed by atoms with van der Waals surface area (Å²) in [5, 5.41) is 4.50. The summed E-state index contributed by atoms with van der Waals surface area (Å²) in [6.07, 6.45) is 0. The van der Waals surface area contributed by atoms with Crippen molar-refractivity contribution in [2.24, 2.45) is 0 Å². The molecule has 2 rings (SSSR count). The summed E-state index contributed by atoms with van der Waals surface area (Å²) in [6.45, 7) is 4.04. The van der Waals surface area contributed by atoms with Crippen LogP contribution in [-0.4, -0.2) is 45.5 Å². The van der Waals surface area contributed by atoms with Gasteiger partial charge in [0, 0.05) is 0 Å². The molecule has 0 amide bonds. The van der Waals surface area contributed by atoms with Gasteiger partial charge in [0.2, 0.25) is 0 Å². The van der Waals surface area contributed by atoms with Crippen molar-refractivity contribution in [3.05, 3.63) is 17.5 Å². The number of hydrogen-bond acceptors (Lipinski definition) is 3. The number of fused-ring (bicyclic) bond motifs is 1. The van der Waals surface area contributed by atoms with Crippen molar-refractivity contribution in [2.45, 2.75) is 13.8 Å². The van der Waals surface area contributed by atoms with Crippen LogP contribution in [0.3, 0.4) is 0 Å². The van der Waals surface area contributed by atoms with Gasteiger partial charge in [-0.25, -0.2) is 0 Å². The molecular weight excluding hydrogens is 251 g/mol. The molecule has 0 aliphatic rings. The summed E-state index contributed by atoms with van der Waals surface area (Å²) >= 11 is 1.58. The third-order valence-corrected chi connectivity index (χ3v) is 3.80. The fourth-order valence-corrected chi connectivity index (χ4v) is 2.07. The van der Waals surface area contributed by atoms with Crippen molar-refractivity contribution in [1.82, 2.24) is 14.6 Å². The van der Waals surface area contributed by atoms with Crippen molar-refractivity contribution < 1.29 is 0 Å². The summed E-state index contributed by atoms with van der Waals surface area (Å²) in [4.78, 5) is 6.58. The maximum absolute atomic E-state index is 4.53. The zero-order valence-corrected chi connectivity index (χ0v) is 11.9. The number of rotatable bonds is 1. The first-order valence-corrected chi connectivity index (χ1v) is 6.01. The third kappa shape index (κ3) is 1.63. The number of anilines is 1. The van der Waals surface area contributed by atoms with E-state index in [0.717, 1.165) is 22.9 Å². The zero-order valence-electron chi connectivity index (χ0n) is 9.44. The van der Waals surface area contributed by atoms with Crippen LogP contribution in [0.25, 0.3) is 5.65 Å². The maximum atomic E-state index is 4.53. The predicted octanol–water partition coefficient (Wildman–Crippen LogP) is -0.329. The Morgan fingerprint density at radius 1 is 1.33 bits per heavy atom. The van der Waals surface area contributed by atoms with E-state index in [9.17, 15) is 0 Å². The van der Waals surface area contributed by atoms with Gasteiger partial charge >= 0.3 is 97.6 Å². The number of nitrogens with zero attached hydrogens (tertiary/aromatic N) is 4. The van der Waals surface area contributed by atoms with Gasteiger partial charge in [0.1, 0.15) is 0 Å². The summed E-state index contributed by atoms with van der Waals surface area (Å²) in [6, 6.07) is 2.05. The van der Waals surface area contributed by atoms with Crippen molar-refractivity contribution in [1.29, 1.82) is 0 Å². The van der Waals surface area contributed by atoms with E-state index in [0.29, 0.717) is 0 Å². The molecule has 0 fully saturated rings. The first kappa shape index (κ1) is 10.5. The predicted molar refractivity (Wildman–Crippen MR) is 65.0 cm³/mol. The van der Waals surface area contributed by atoms with Gasteiger partial charge in [-0.15, -0.1) is 0 Å². The quantitative estimate of drug-likeness (QED) is 0.663. The minimum absolute atomic E-state index is 0.983. The fraction of sp³-hybridized carbons (Fsp3) is 0.400. The molecule has 1 atom stereocenters. The average Bonchev–Trinajstić information content (AvgIpc) is 2.43. The molecule has 80 valence electrons. The van der Waals surface area contributed by atoms with E-state index in [-0.39, 0.29) is 0 Å². The molecule has 2 aromatic rings. The van der Waals surface area contributed by atoms with Gasteiger partial charge < -0.3 is 0 Å². The van der Waals surface area contributed by atoms with Crippen LogP contribution in [0.5, 0.6) is 0 Å². The van der Waals surface area contributed by atoms with Crippen LogP contribution >= 0.6 is 0 Å². The summed E-state index contributed by atoms with van der Waals surface area (Å²) < 4.78 is 3.13. The molecule has 5 heteroatoms.